The summed E-state index contributed by atoms with van der Waals surface area (Å²) in [6.45, 7) is 7.24. The van der Waals surface area contributed by atoms with Crippen molar-refractivity contribution in [2.45, 2.75) is 46.5 Å². The van der Waals surface area contributed by atoms with Gasteiger partial charge in [-0.1, -0.05) is 26.7 Å². The molecule has 0 heterocycles. The van der Waals surface area contributed by atoms with Crippen LogP contribution in [0.4, 0.5) is 0 Å². The van der Waals surface area contributed by atoms with Crippen LogP contribution in [0.5, 0.6) is 0 Å². The molecule has 0 aromatic rings. The number of rotatable bonds is 6. The molecular formula is C10H20O. The van der Waals surface area contributed by atoms with Gasteiger partial charge in [-0.25, -0.2) is 0 Å². The Labute approximate surface area is 70.4 Å². The fourth-order valence-electron chi connectivity index (χ4n) is 0.932. The molecule has 0 aliphatic heterocycles. The average molecular weight is 156 g/mol. The molecule has 0 spiro atoms. The molecule has 0 amide bonds. The minimum absolute atomic E-state index is 0.885. The van der Waals surface area contributed by atoms with Crippen molar-refractivity contribution in [1.29, 1.82) is 0 Å². The van der Waals surface area contributed by atoms with Gasteiger partial charge < -0.3 is 4.74 Å². The van der Waals surface area contributed by atoms with Crippen molar-refractivity contribution < 1.29 is 4.74 Å². The Morgan fingerprint density at radius 1 is 1.27 bits per heavy atom. The van der Waals surface area contributed by atoms with E-state index >= 15 is 0 Å². The van der Waals surface area contributed by atoms with Crippen LogP contribution in [0, 0.1) is 0 Å². The molecule has 0 aliphatic carbocycles. The van der Waals surface area contributed by atoms with E-state index < -0.39 is 0 Å². The molecule has 0 rings (SSSR count). The summed E-state index contributed by atoms with van der Waals surface area (Å²) in [6.07, 6.45) is 6.91. The predicted octanol–water partition coefficient (Wildman–Crippen LogP) is 3.51. The molecule has 0 saturated heterocycles. The van der Waals surface area contributed by atoms with E-state index in [2.05, 4.69) is 19.9 Å². The Bertz CT molecular complexity index is 105. The summed E-state index contributed by atoms with van der Waals surface area (Å²) in [5.74, 6) is 1.07. The van der Waals surface area contributed by atoms with Crippen molar-refractivity contribution in [3.63, 3.8) is 0 Å². The first kappa shape index (κ1) is 10.5. The van der Waals surface area contributed by atoms with Crippen LogP contribution >= 0.6 is 0 Å². The van der Waals surface area contributed by atoms with Gasteiger partial charge >= 0.3 is 0 Å². The van der Waals surface area contributed by atoms with Crippen molar-refractivity contribution in [2.24, 2.45) is 0 Å². The van der Waals surface area contributed by atoms with Gasteiger partial charge in [-0.2, -0.15) is 0 Å². The molecule has 0 aromatic heterocycles. The summed E-state index contributed by atoms with van der Waals surface area (Å²) in [7, 11) is 0. The third-order valence-corrected chi connectivity index (χ3v) is 1.57. The molecule has 0 bridgehead atoms. The normalized spacial score (nSPS) is 11.7. The summed E-state index contributed by atoms with van der Waals surface area (Å²) in [5.41, 5.74) is 0. The highest BCUT2D eigenvalue weighted by molar-refractivity contribution is 4.86. The van der Waals surface area contributed by atoms with E-state index in [1.54, 1.807) is 0 Å². The van der Waals surface area contributed by atoms with E-state index in [1.807, 2.05) is 6.92 Å². The third-order valence-electron chi connectivity index (χ3n) is 1.57. The Morgan fingerprint density at radius 3 is 2.55 bits per heavy atom. The highest BCUT2D eigenvalue weighted by atomic mass is 16.5. The van der Waals surface area contributed by atoms with Crippen LogP contribution in [0.3, 0.4) is 0 Å². The fraction of sp³-hybridized carbons (Fsp3) is 0.800. The lowest BCUT2D eigenvalue weighted by Gasteiger charge is -2.04. The lowest BCUT2D eigenvalue weighted by atomic mass is 10.3. The van der Waals surface area contributed by atoms with Crippen LogP contribution in [0.1, 0.15) is 46.5 Å². The topological polar surface area (TPSA) is 9.23 Å². The summed E-state index contributed by atoms with van der Waals surface area (Å²) >= 11 is 0. The van der Waals surface area contributed by atoms with Crippen LogP contribution in [0.2, 0.25) is 0 Å². The SMILES string of the molecule is CCC=C(C)OCCCCC. The van der Waals surface area contributed by atoms with Gasteiger partial charge in [0.2, 0.25) is 0 Å². The first-order valence-electron chi connectivity index (χ1n) is 4.60. The van der Waals surface area contributed by atoms with Crippen molar-refractivity contribution in [3.8, 4) is 0 Å². The van der Waals surface area contributed by atoms with Crippen LogP contribution < -0.4 is 0 Å². The largest absolute Gasteiger partial charge is 0.499 e. The molecule has 0 saturated carbocycles. The van der Waals surface area contributed by atoms with Crippen molar-refractivity contribution in [2.75, 3.05) is 6.61 Å². The second-order valence-corrected chi connectivity index (χ2v) is 2.78. The molecule has 0 aliphatic rings. The van der Waals surface area contributed by atoms with Crippen molar-refractivity contribution >= 4 is 0 Å². The van der Waals surface area contributed by atoms with Gasteiger partial charge in [0, 0.05) is 0 Å². The monoisotopic (exact) mass is 156 g/mol. The number of hydrogen-bond acceptors (Lipinski definition) is 1. The Morgan fingerprint density at radius 2 is 2.00 bits per heavy atom. The van der Waals surface area contributed by atoms with Gasteiger partial charge in [0.15, 0.2) is 0 Å². The summed E-state index contributed by atoms with van der Waals surface area (Å²) in [4.78, 5) is 0. The van der Waals surface area contributed by atoms with Gasteiger partial charge in [-0.15, -0.1) is 0 Å². The van der Waals surface area contributed by atoms with E-state index in [-0.39, 0.29) is 0 Å². The molecule has 11 heavy (non-hydrogen) atoms. The zero-order valence-electron chi connectivity index (χ0n) is 8.02. The Hall–Kier alpha value is -0.460. The minimum Gasteiger partial charge on any atom is -0.499 e. The lowest BCUT2D eigenvalue weighted by Crippen LogP contribution is -1.91. The second-order valence-electron chi connectivity index (χ2n) is 2.78. The van der Waals surface area contributed by atoms with E-state index in [9.17, 15) is 0 Å². The zero-order chi connectivity index (χ0) is 8.53. The molecule has 0 aromatic carbocycles. The van der Waals surface area contributed by atoms with Crippen molar-refractivity contribution in [3.05, 3.63) is 11.8 Å². The van der Waals surface area contributed by atoms with Crippen LogP contribution in [0.25, 0.3) is 0 Å². The van der Waals surface area contributed by atoms with Gasteiger partial charge in [0.1, 0.15) is 0 Å². The van der Waals surface area contributed by atoms with Crippen LogP contribution in [-0.2, 0) is 4.74 Å². The molecule has 0 N–H and O–H groups in total. The van der Waals surface area contributed by atoms with E-state index in [0.717, 1.165) is 18.8 Å². The Kier molecular flexibility index (Phi) is 7.33. The first-order chi connectivity index (χ1) is 5.31. The molecule has 0 unspecified atom stereocenters. The highest BCUT2D eigenvalue weighted by Crippen LogP contribution is 2.01. The van der Waals surface area contributed by atoms with E-state index in [1.165, 1.54) is 19.3 Å². The lowest BCUT2D eigenvalue weighted by molar-refractivity contribution is 0.206. The zero-order valence-corrected chi connectivity index (χ0v) is 8.02. The number of unbranched alkanes of at least 4 members (excludes halogenated alkanes) is 2. The second kappa shape index (κ2) is 7.64. The minimum atomic E-state index is 0.885. The van der Waals surface area contributed by atoms with Gasteiger partial charge in [0.25, 0.3) is 0 Å². The molecule has 0 atom stereocenters. The van der Waals surface area contributed by atoms with Gasteiger partial charge in [0.05, 0.1) is 12.4 Å². The van der Waals surface area contributed by atoms with E-state index in [0.29, 0.717) is 0 Å². The van der Waals surface area contributed by atoms with E-state index in [4.69, 9.17) is 4.74 Å². The molecule has 66 valence electrons. The third kappa shape index (κ3) is 7.44. The summed E-state index contributed by atoms with van der Waals surface area (Å²) < 4.78 is 5.45. The fourth-order valence-corrected chi connectivity index (χ4v) is 0.932. The predicted molar refractivity (Wildman–Crippen MR) is 49.5 cm³/mol. The first-order valence-corrected chi connectivity index (χ1v) is 4.60. The molecule has 0 fully saturated rings. The molecule has 1 heteroatoms. The molecule has 0 radical (unpaired) electrons. The summed E-state index contributed by atoms with van der Waals surface area (Å²) in [5, 5.41) is 0. The van der Waals surface area contributed by atoms with Crippen LogP contribution in [0.15, 0.2) is 11.8 Å². The maximum atomic E-state index is 5.45. The molecule has 1 nitrogen and oxygen atoms in total. The Balaban J connectivity index is 3.17. The quantitative estimate of drug-likeness (QED) is 0.422. The number of ether oxygens (including phenoxy) is 1. The smallest absolute Gasteiger partial charge is 0.0888 e. The number of hydrogen-bond donors (Lipinski definition) is 0. The maximum absolute atomic E-state index is 5.45. The number of allylic oxidation sites excluding steroid dienone is 2. The van der Waals surface area contributed by atoms with Crippen LogP contribution in [-0.4, -0.2) is 6.61 Å². The maximum Gasteiger partial charge on any atom is 0.0888 e. The van der Waals surface area contributed by atoms with Gasteiger partial charge in [-0.3, -0.25) is 0 Å². The van der Waals surface area contributed by atoms with Crippen molar-refractivity contribution in [1.82, 2.24) is 0 Å². The molecular weight excluding hydrogens is 136 g/mol. The van der Waals surface area contributed by atoms with Gasteiger partial charge in [-0.05, 0) is 25.8 Å². The average Bonchev–Trinajstić information content (AvgIpc) is 1.99. The standard InChI is InChI=1S/C10H20O/c1-4-6-7-9-11-10(3)8-5-2/h8H,4-7,9H2,1-3H3. The summed E-state index contributed by atoms with van der Waals surface area (Å²) in [6, 6.07) is 0. The highest BCUT2D eigenvalue weighted by Gasteiger charge is 1.88.